The van der Waals surface area contributed by atoms with Crippen molar-refractivity contribution in [2.75, 3.05) is 31.8 Å². The van der Waals surface area contributed by atoms with Crippen molar-refractivity contribution >= 4 is 29.6 Å². The van der Waals surface area contributed by atoms with Crippen molar-refractivity contribution in [2.24, 2.45) is 5.73 Å². The summed E-state index contributed by atoms with van der Waals surface area (Å²) >= 11 is 0. The summed E-state index contributed by atoms with van der Waals surface area (Å²) in [4.78, 5) is 53.2. The van der Waals surface area contributed by atoms with Gasteiger partial charge in [0, 0.05) is 11.3 Å². The minimum absolute atomic E-state index is 0.0445. The SMILES string of the molecule is C=CCOC(=O)C1=C(C)OC(=O)[C@]12C(C(=O)OC)=C(N)N(CC(=O)OCC)c1ccccc12. The number of nitrogens with two attached hydrogens (primary N) is 1. The normalized spacial score (nSPS) is 19.2. The molecule has 0 amide bonds. The molecule has 0 aromatic heterocycles. The highest BCUT2D eigenvalue weighted by molar-refractivity contribution is 6.16. The number of esters is 4. The molecule has 33 heavy (non-hydrogen) atoms. The lowest BCUT2D eigenvalue weighted by atomic mass is 9.66. The number of cyclic esters (lactones) is 1. The first kappa shape index (κ1) is 23.6. The molecule has 0 radical (unpaired) electrons. The second-order valence-corrected chi connectivity index (χ2v) is 7.12. The largest absolute Gasteiger partial charge is 0.466 e. The van der Waals surface area contributed by atoms with Gasteiger partial charge in [-0.2, -0.15) is 0 Å². The van der Waals surface area contributed by atoms with Crippen LogP contribution in [-0.4, -0.2) is 50.7 Å². The quantitative estimate of drug-likeness (QED) is 0.362. The second kappa shape index (κ2) is 9.19. The van der Waals surface area contributed by atoms with Crippen molar-refractivity contribution in [1.82, 2.24) is 0 Å². The molecule has 0 saturated carbocycles. The van der Waals surface area contributed by atoms with E-state index in [4.69, 9.17) is 24.7 Å². The van der Waals surface area contributed by atoms with Crippen molar-refractivity contribution in [3.8, 4) is 0 Å². The third kappa shape index (κ3) is 3.63. The zero-order chi connectivity index (χ0) is 24.3. The Kier molecular flexibility index (Phi) is 6.57. The van der Waals surface area contributed by atoms with Gasteiger partial charge in [0.25, 0.3) is 0 Å². The molecule has 1 aromatic rings. The van der Waals surface area contributed by atoms with Crippen molar-refractivity contribution in [3.05, 3.63) is 65.2 Å². The molecule has 0 saturated heterocycles. The molecule has 1 spiro atoms. The topological polar surface area (TPSA) is 134 Å². The van der Waals surface area contributed by atoms with E-state index in [0.29, 0.717) is 5.69 Å². The van der Waals surface area contributed by atoms with E-state index >= 15 is 0 Å². The Labute approximate surface area is 190 Å². The first-order valence-corrected chi connectivity index (χ1v) is 10.1. The van der Waals surface area contributed by atoms with Gasteiger partial charge in [0.2, 0.25) is 0 Å². The Morgan fingerprint density at radius 1 is 1.18 bits per heavy atom. The molecule has 3 rings (SSSR count). The van der Waals surface area contributed by atoms with Gasteiger partial charge in [-0.3, -0.25) is 4.79 Å². The van der Waals surface area contributed by atoms with Crippen LogP contribution in [0.15, 0.2) is 59.6 Å². The van der Waals surface area contributed by atoms with Crippen LogP contribution in [0, 0.1) is 0 Å². The average Bonchev–Trinajstić information content (AvgIpc) is 3.05. The molecule has 10 nitrogen and oxygen atoms in total. The number of anilines is 1. The Hall–Kier alpha value is -4.08. The van der Waals surface area contributed by atoms with Crippen molar-refractivity contribution < 1.29 is 38.1 Å². The van der Waals surface area contributed by atoms with E-state index < -0.39 is 29.3 Å². The summed E-state index contributed by atoms with van der Waals surface area (Å²) in [5.74, 6) is -3.69. The van der Waals surface area contributed by atoms with Gasteiger partial charge in [-0.05, 0) is 19.9 Å². The van der Waals surface area contributed by atoms with Gasteiger partial charge in [0.05, 0.1) is 13.7 Å². The maximum atomic E-state index is 13.4. The molecule has 1 atom stereocenters. The molecule has 0 fully saturated rings. The number of hydrogen-bond donors (Lipinski definition) is 1. The molecule has 0 unspecified atom stereocenters. The number of para-hydroxylation sites is 1. The Morgan fingerprint density at radius 3 is 2.52 bits per heavy atom. The third-order valence-electron chi connectivity index (χ3n) is 5.32. The zero-order valence-electron chi connectivity index (χ0n) is 18.5. The number of allylic oxidation sites excluding steroid dienone is 1. The number of fused-ring (bicyclic) bond motifs is 2. The molecule has 10 heteroatoms. The first-order valence-electron chi connectivity index (χ1n) is 10.1. The van der Waals surface area contributed by atoms with Crippen LogP contribution in [0.1, 0.15) is 19.4 Å². The van der Waals surface area contributed by atoms with E-state index in [1.165, 1.54) is 17.9 Å². The van der Waals surface area contributed by atoms with Crippen molar-refractivity contribution in [2.45, 2.75) is 19.3 Å². The molecule has 1 aromatic carbocycles. The molecule has 0 bridgehead atoms. The van der Waals surface area contributed by atoms with Crippen LogP contribution in [0.4, 0.5) is 5.69 Å². The summed E-state index contributed by atoms with van der Waals surface area (Å²) in [5, 5.41) is 0. The summed E-state index contributed by atoms with van der Waals surface area (Å²) in [7, 11) is 1.11. The summed E-state index contributed by atoms with van der Waals surface area (Å²) in [6.07, 6.45) is 1.36. The lowest BCUT2D eigenvalue weighted by Crippen LogP contribution is -2.51. The van der Waals surface area contributed by atoms with Gasteiger partial charge >= 0.3 is 23.9 Å². The second-order valence-electron chi connectivity index (χ2n) is 7.12. The number of carbonyl (C=O) groups is 4. The Morgan fingerprint density at radius 2 is 1.88 bits per heavy atom. The first-order chi connectivity index (χ1) is 15.7. The summed E-state index contributed by atoms with van der Waals surface area (Å²) in [6.45, 7) is 6.23. The predicted molar refractivity (Wildman–Crippen MR) is 115 cm³/mol. The van der Waals surface area contributed by atoms with Gasteiger partial charge in [-0.1, -0.05) is 30.9 Å². The van der Waals surface area contributed by atoms with Crippen LogP contribution in [0.2, 0.25) is 0 Å². The van der Waals surface area contributed by atoms with Crippen LogP contribution in [-0.2, 0) is 43.5 Å². The maximum Gasteiger partial charge on any atom is 0.339 e. The van der Waals surface area contributed by atoms with Crippen molar-refractivity contribution in [3.63, 3.8) is 0 Å². The lowest BCUT2D eigenvalue weighted by Gasteiger charge is -2.40. The summed E-state index contributed by atoms with van der Waals surface area (Å²) < 4.78 is 20.5. The minimum atomic E-state index is -2.05. The maximum absolute atomic E-state index is 13.4. The molecule has 2 heterocycles. The highest BCUT2D eigenvalue weighted by Gasteiger charge is 2.63. The monoisotopic (exact) mass is 456 g/mol. The third-order valence-corrected chi connectivity index (χ3v) is 5.32. The molecule has 2 aliphatic rings. The van der Waals surface area contributed by atoms with Crippen molar-refractivity contribution in [1.29, 1.82) is 0 Å². The van der Waals surface area contributed by atoms with E-state index in [1.807, 2.05) is 0 Å². The van der Waals surface area contributed by atoms with E-state index in [2.05, 4.69) is 6.58 Å². The number of rotatable bonds is 7. The number of carbonyl (C=O) groups excluding carboxylic acids is 4. The number of methoxy groups -OCH3 is 1. The van der Waals surface area contributed by atoms with Gasteiger partial charge in [-0.25, -0.2) is 14.4 Å². The highest BCUT2D eigenvalue weighted by Crippen LogP contribution is 2.54. The van der Waals surface area contributed by atoms with Crippen LogP contribution >= 0.6 is 0 Å². The fourth-order valence-electron chi connectivity index (χ4n) is 4.09. The van der Waals surface area contributed by atoms with E-state index in [1.54, 1.807) is 31.2 Å². The molecular weight excluding hydrogens is 432 g/mol. The lowest BCUT2D eigenvalue weighted by molar-refractivity contribution is -0.146. The fourth-order valence-corrected chi connectivity index (χ4v) is 4.09. The zero-order valence-corrected chi connectivity index (χ0v) is 18.5. The molecular formula is C23H24N2O8. The predicted octanol–water partition coefficient (Wildman–Crippen LogP) is 1.21. The molecule has 0 aliphatic carbocycles. The number of benzene rings is 1. The number of nitrogens with zero attached hydrogens (tertiary/aromatic N) is 1. The number of hydrogen-bond acceptors (Lipinski definition) is 10. The smallest absolute Gasteiger partial charge is 0.339 e. The van der Waals surface area contributed by atoms with Crippen LogP contribution < -0.4 is 10.6 Å². The molecule has 174 valence electrons. The number of ether oxygens (including phenoxy) is 4. The van der Waals surface area contributed by atoms with Gasteiger partial charge in [-0.15, -0.1) is 0 Å². The van der Waals surface area contributed by atoms with Crippen LogP contribution in [0.25, 0.3) is 0 Å². The summed E-state index contributed by atoms with van der Waals surface area (Å²) in [5.41, 5.74) is 4.28. The fraction of sp³-hybridized carbons (Fsp3) is 0.304. The van der Waals surface area contributed by atoms with E-state index in [0.717, 1.165) is 7.11 Å². The van der Waals surface area contributed by atoms with Gasteiger partial charge in [0.15, 0.2) is 5.41 Å². The van der Waals surface area contributed by atoms with E-state index in [-0.39, 0.29) is 48.0 Å². The standard InChI is InChI=1S/C23H24N2O8/c1-5-11-32-21(28)17-13(3)33-22(29)23(17)14-9-7-8-10-15(14)25(12-16(26)31-6-2)19(24)18(23)20(27)30-4/h5,7-10H,1,6,11-12,24H2,2-4H3/t23-/m0/s1. The highest BCUT2D eigenvalue weighted by atomic mass is 16.6. The molecule has 2 aliphatic heterocycles. The van der Waals surface area contributed by atoms with E-state index in [9.17, 15) is 19.2 Å². The van der Waals surface area contributed by atoms with Gasteiger partial charge in [0.1, 0.15) is 35.9 Å². The van der Waals surface area contributed by atoms with Gasteiger partial charge < -0.3 is 29.6 Å². The Balaban J connectivity index is 2.36. The summed E-state index contributed by atoms with van der Waals surface area (Å²) in [6, 6.07) is 6.43. The van der Waals surface area contributed by atoms with Crippen LogP contribution in [0.3, 0.4) is 0 Å². The van der Waals surface area contributed by atoms with Crippen LogP contribution in [0.5, 0.6) is 0 Å². The molecule has 2 N–H and O–H groups in total. The Bertz CT molecular complexity index is 1100. The average molecular weight is 456 g/mol. The minimum Gasteiger partial charge on any atom is -0.466 e.